The summed E-state index contributed by atoms with van der Waals surface area (Å²) in [4.78, 5) is 37.7. The topological polar surface area (TPSA) is 108 Å². The van der Waals surface area contributed by atoms with Crippen LogP contribution >= 0.6 is 0 Å². The summed E-state index contributed by atoms with van der Waals surface area (Å²) in [5.41, 5.74) is 0. The molecular weight excluding hydrogens is 1160 g/mol. The highest BCUT2D eigenvalue weighted by molar-refractivity contribution is 5.71. The fourth-order valence-corrected chi connectivity index (χ4v) is 11.0. The molecule has 0 aliphatic carbocycles. The van der Waals surface area contributed by atoms with E-state index in [9.17, 15) is 19.5 Å². The molecule has 0 heterocycles. The molecule has 0 aliphatic rings. The minimum atomic E-state index is -1.52. The minimum Gasteiger partial charge on any atom is -0.477 e. The van der Waals surface area contributed by atoms with E-state index < -0.39 is 24.3 Å². The zero-order chi connectivity index (χ0) is 68.2. The lowest BCUT2D eigenvalue weighted by molar-refractivity contribution is -0.870. The average Bonchev–Trinajstić information content (AvgIpc) is 3.76. The Kier molecular flexibility index (Phi) is 71.1. The molecule has 0 aromatic rings. The lowest BCUT2D eigenvalue weighted by Crippen LogP contribution is -2.40. The van der Waals surface area contributed by atoms with Gasteiger partial charge in [0.25, 0.3) is 6.29 Å². The number of carboxylic acid groups (broad SMARTS) is 1. The molecular formula is C85H148NO8+. The smallest absolute Gasteiger partial charge is 0.361 e. The molecule has 0 aliphatic heterocycles. The highest BCUT2D eigenvalue weighted by Crippen LogP contribution is 2.19. The van der Waals surface area contributed by atoms with E-state index in [1.54, 1.807) is 0 Å². The van der Waals surface area contributed by atoms with Crippen LogP contribution in [0.25, 0.3) is 0 Å². The van der Waals surface area contributed by atoms with Crippen molar-refractivity contribution in [2.45, 2.75) is 354 Å². The molecule has 0 saturated heterocycles. The van der Waals surface area contributed by atoms with Crippen LogP contribution in [-0.2, 0) is 33.3 Å². The molecule has 2 unspecified atom stereocenters. The van der Waals surface area contributed by atoms with E-state index in [0.29, 0.717) is 23.9 Å². The summed E-state index contributed by atoms with van der Waals surface area (Å²) in [5.74, 6) is -2.01. The quantitative estimate of drug-likeness (QED) is 0.0211. The van der Waals surface area contributed by atoms with Crippen molar-refractivity contribution < 1.29 is 42.9 Å². The summed E-state index contributed by atoms with van der Waals surface area (Å²) in [5, 5.41) is 9.77. The molecule has 0 aromatic carbocycles. The van der Waals surface area contributed by atoms with Gasteiger partial charge < -0.3 is 28.5 Å². The number of nitrogens with zero attached hydrogens (tertiary/aromatic N) is 1. The van der Waals surface area contributed by atoms with Crippen molar-refractivity contribution >= 4 is 17.9 Å². The summed E-state index contributed by atoms with van der Waals surface area (Å²) in [6.45, 7) is 4.79. The average molecular weight is 1310 g/mol. The summed E-state index contributed by atoms with van der Waals surface area (Å²) < 4.78 is 23.0. The predicted molar refractivity (Wildman–Crippen MR) is 405 cm³/mol. The molecule has 1 N–H and O–H groups in total. The Morgan fingerprint density at radius 1 is 0.330 bits per heavy atom. The van der Waals surface area contributed by atoms with Gasteiger partial charge in [0, 0.05) is 12.8 Å². The first-order valence-electron chi connectivity index (χ1n) is 39.2. The fraction of sp³-hybridized carbons (Fsp3) is 0.729. The van der Waals surface area contributed by atoms with Gasteiger partial charge in [-0.2, -0.15) is 0 Å². The van der Waals surface area contributed by atoms with E-state index >= 15 is 0 Å². The molecule has 0 bridgehead atoms. The van der Waals surface area contributed by atoms with Gasteiger partial charge in [-0.25, -0.2) is 4.79 Å². The third-order valence-corrected chi connectivity index (χ3v) is 17.0. The Balaban J connectivity index is 4.11. The molecule has 0 aromatic heterocycles. The molecule has 9 heteroatoms. The minimum absolute atomic E-state index is 0.182. The second-order valence-electron chi connectivity index (χ2n) is 27.3. The maximum atomic E-state index is 13.0. The lowest BCUT2D eigenvalue weighted by atomic mass is 10.0. The van der Waals surface area contributed by atoms with Crippen LogP contribution in [0.4, 0.5) is 0 Å². The van der Waals surface area contributed by atoms with Crippen LogP contribution in [0.2, 0.25) is 0 Å². The molecule has 540 valence electrons. The number of ether oxygens (including phenoxy) is 4. The molecule has 9 nitrogen and oxygen atoms in total. The number of carboxylic acids is 1. The second kappa shape index (κ2) is 74.5. The number of hydrogen-bond donors (Lipinski definition) is 1. The van der Waals surface area contributed by atoms with Crippen molar-refractivity contribution in [1.29, 1.82) is 0 Å². The number of rotatable bonds is 72. The number of allylic oxidation sites excluding steroid dienone is 20. The number of hydrogen-bond acceptors (Lipinski definition) is 7. The highest BCUT2D eigenvalue weighted by atomic mass is 16.7. The number of esters is 2. The number of likely N-dealkylation sites (N-methyl/N-ethyl adjacent to an activating group) is 1. The number of aliphatic carboxylic acids is 1. The van der Waals surface area contributed by atoms with Gasteiger partial charge in [-0.15, -0.1) is 0 Å². The Labute approximate surface area is 580 Å². The Morgan fingerprint density at radius 2 is 0.606 bits per heavy atom. The third kappa shape index (κ3) is 75.1. The van der Waals surface area contributed by atoms with Gasteiger partial charge in [0.1, 0.15) is 13.2 Å². The van der Waals surface area contributed by atoms with Crippen LogP contribution < -0.4 is 0 Å². The third-order valence-electron chi connectivity index (χ3n) is 17.0. The van der Waals surface area contributed by atoms with Crippen molar-refractivity contribution in [3.8, 4) is 0 Å². The first-order valence-corrected chi connectivity index (χ1v) is 39.2. The first kappa shape index (κ1) is 89.7. The summed E-state index contributed by atoms with van der Waals surface area (Å²) in [6.07, 6.45) is 103. The van der Waals surface area contributed by atoms with E-state index in [2.05, 4.69) is 135 Å². The zero-order valence-corrected chi connectivity index (χ0v) is 61.8. The Bertz CT molecular complexity index is 1960. The van der Waals surface area contributed by atoms with Gasteiger partial charge >= 0.3 is 17.9 Å². The van der Waals surface area contributed by atoms with Gasteiger partial charge in [-0.1, -0.05) is 360 Å². The molecule has 94 heavy (non-hydrogen) atoms. The summed E-state index contributed by atoms with van der Waals surface area (Å²) in [7, 11) is 5.98. The Morgan fingerprint density at radius 3 is 0.904 bits per heavy atom. The number of carbonyl (C=O) groups excluding carboxylic acids is 2. The van der Waals surface area contributed by atoms with Gasteiger partial charge in [0.15, 0.2) is 6.10 Å². The van der Waals surface area contributed by atoms with Gasteiger partial charge in [-0.05, 0) is 89.9 Å². The maximum Gasteiger partial charge on any atom is 0.361 e. The molecule has 0 amide bonds. The molecule has 0 rings (SSSR count). The molecule has 0 saturated carbocycles. The lowest BCUT2D eigenvalue weighted by Gasteiger charge is -2.25. The standard InChI is InChI=1S/C85H147NO8/c1-6-8-10-12-14-16-18-20-22-24-26-28-30-32-34-36-38-39-40-41-42-43-44-45-46-48-50-52-54-56-58-60-62-64-66-68-70-72-74-76-83(88)94-81(80-93-85(84(89)90)91-78-77-86(3,4)5)79-92-82(87)75-73-71-69-67-65-63-61-59-57-55-53-51-49-47-37-35-33-31-29-27-25-23-21-19-17-15-13-11-9-7-2/h8,10,14,16,20,22,26,28,32,34,38-39,41-42,44-45,48,50,54,56,81,85H,6-7,9,11-13,15,17-19,21,23-25,27,29-31,33,35-37,40,43,46-47,49,51-53,55,57-80H2,1-5H3/p+1/b10-8-,16-14-,22-20-,28-26-,34-32-,39-38-,42-41-,45-44-,50-48-,56-54-. The van der Waals surface area contributed by atoms with Crippen LogP contribution in [0.1, 0.15) is 341 Å². The van der Waals surface area contributed by atoms with Crippen LogP contribution in [-0.4, -0.2) is 87.4 Å². The van der Waals surface area contributed by atoms with E-state index in [0.717, 1.165) is 109 Å². The first-order chi connectivity index (χ1) is 46.1. The Hall–Kier alpha value is -4.31. The molecule has 0 spiro atoms. The van der Waals surface area contributed by atoms with Crippen molar-refractivity contribution in [2.24, 2.45) is 0 Å². The molecule has 2 atom stereocenters. The monoisotopic (exact) mass is 1310 g/mol. The van der Waals surface area contributed by atoms with Crippen LogP contribution in [0.15, 0.2) is 122 Å². The van der Waals surface area contributed by atoms with Crippen molar-refractivity contribution in [1.82, 2.24) is 0 Å². The number of unbranched alkanes of at least 4 members (excludes halogenated alkanes) is 37. The number of carbonyl (C=O) groups is 3. The molecule has 0 radical (unpaired) electrons. The van der Waals surface area contributed by atoms with Crippen LogP contribution in [0.5, 0.6) is 0 Å². The number of quaternary nitrogens is 1. The second-order valence-corrected chi connectivity index (χ2v) is 27.3. The SMILES string of the molecule is CC/C=C\C/C=C\C/C=C\C/C=C\C/C=C\C/C=C\C/C=C\C/C=C\C/C=C\C/C=C\CCCCCCCCCCC(=O)OC(COC(=O)CCCCCCCCCCCCCCCCCCCCCCCCCCCCCCCC)COC(OCC[N+](C)(C)C)C(=O)O. The van der Waals surface area contributed by atoms with Crippen molar-refractivity contribution in [2.75, 3.05) is 47.5 Å². The van der Waals surface area contributed by atoms with E-state index in [1.165, 1.54) is 199 Å². The van der Waals surface area contributed by atoms with E-state index in [-0.39, 0.29) is 32.2 Å². The predicted octanol–water partition coefficient (Wildman–Crippen LogP) is 25.1. The highest BCUT2D eigenvalue weighted by Gasteiger charge is 2.25. The normalized spacial score (nSPS) is 13.3. The van der Waals surface area contributed by atoms with Crippen LogP contribution in [0.3, 0.4) is 0 Å². The van der Waals surface area contributed by atoms with E-state index in [4.69, 9.17) is 18.9 Å². The summed E-state index contributed by atoms with van der Waals surface area (Å²) >= 11 is 0. The molecule has 0 fully saturated rings. The van der Waals surface area contributed by atoms with Gasteiger partial charge in [0.05, 0.1) is 34.4 Å². The largest absolute Gasteiger partial charge is 0.477 e. The van der Waals surface area contributed by atoms with Gasteiger partial charge in [0.2, 0.25) is 0 Å². The zero-order valence-electron chi connectivity index (χ0n) is 61.8. The van der Waals surface area contributed by atoms with Gasteiger partial charge in [-0.3, -0.25) is 9.59 Å². The fourth-order valence-electron chi connectivity index (χ4n) is 11.0. The van der Waals surface area contributed by atoms with E-state index in [1.807, 2.05) is 21.1 Å². The van der Waals surface area contributed by atoms with Crippen molar-refractivity contribution in [3.63, 3.8) is 0 Å². The summed E-state index contributed by atoms with van der Waals surface area (Å²) in [6, 6.07) is 0. The maximum absolute atomic E-state index is 13.0. The van der Waals surface area contributed by atoms with Crippen LogP contribution in [0, 0.1) is 0 Å². The van der Waals surface area contributed by atoms with Crippen molar-refractivity contribution in [3.05, 3.63) is 122 Å².